The molecule has 0 saturated carbocycles. The van der Waals surface area contributed by atoms with Crippen LogP contribution in [0.25, 0.3) is 0 Å². The van der Waals surface area contributed by atoms with Gasteiger partial charge in [-0.3, -0.25) is 9.69 Å². The Balaban J connectivity index is 2.23. The van der Waals surface area contributed by atoms with Crippen molar-refractivity contribution in [2.45, 2.75) is 0 Å². The van der Waals surface area contributed by atoms with E-state index < -0.39 is 0 Å². The summed E-state index contributed by atoms with van der Waals surface area (Å²) in [7, 11) is 0. The highest BCUT2D eigenvalue weighted by molar-refractivity contribution is 8.01. The van der Waals surface area contributed by atoms with Crippen LogP contribution < -0.4 is 5.32 Å². The van der Waals surface area contributed by atoms with Crippen molar-refractivity contribution < 1.29 is 9.53 Å². The molecule has 1 amide bonds. The van der Waals surface area contributed by atoms with Gasteiger partial charge in [-0.1, -0.05) is 12.7 Å². The number of morpholine rings is 1. The summed E-state index contributed by atoms with van der Waals surface area (Å²) in [6, 6.07) is 0. The molecule has 0 radical (unpaired) electrons. The molecule has 0 atom stereocenters. The van der Waals surface area contributed by atoms with Gasteiger partial charge in [0, 0.05) is 31.8 Å². The second kappa shape index (κ2) is 8.33. The molecule has 0 unspecified atom stereocenters. The lowest BCUT2D eigenvalue weighted by atomic mass is 10.3. The fourth-order valence-corrected chi connectivity index (χ4v) is 2.03. The summed E-state index contributed by atoms with van der Waals surface area (Å²) in [4.78, 5) is 14.0. The van der Waals surface area contributed by atoms with Crippen molar-refractivity contribution in [1.82, 2.24) is 10.2 Å². The van der Waals surface area contributed by atoms with E-state index in [4.69, 9.17) is 4.74 Å². The third-order valence-corrected chi connectivity index (χ3v) is 3.03. The third kappa shape index (κ3) is 5.39. The van der Waals surface area contributed by atoms with E-state index in [-0.39, 0.29) is 5.91 Å². The lowest BCUT2D eigenvalue weighted by Gasteiger charge is -2.26. The van der Waals surface area contributed by atoms with Gasteiger partial charge < -0.3 is 10.1 Å². The van der Waals surface area contributed by atoms with E-state index in [1.807, 2.05) is 6.26 Å². The zero-order valence-corrected chi connectivity index (χ0v) is 11.1. The van der Waals surface area contributed by atoms with Crippen molar-refractivity contribution in [3.63, 3.8) is 0 Å². The molecule has 0 aromatic heterocycles. The lowest BCUT2D eigenvalue weighted by molar-refractivity contribution is -0.117. The predicted molar refractivity (Wildman–Crippen MR) is 72.1 cm³/mol. The number of nitrogens with zero attached hydrogens (tertiary/aromatic N) is 1. The van der Waals surface area contributed by atoms with Gasteiger partial charge in [-0.15, -0.1) is 11.8 Å². The summed E-state index contributed by atoms with van der Waals surface area (Å²) in [6.45, 7) is 8.65. The number of nitrogens with one attached hydrogen (secondary N) is 1. The van der Waals surface area contributed by atoms with Crippen LogP contribution in [0.1, 0.15) is 0 Å². The van der Waals surface area contributed by atoms with Gasteiger partial charge in [0.2, 0.25) is 0 Å². The molecular formula is C12H20N2O2S. The molecular weight excluding hydrogens is 236 g/mol. The molecule has 1 aliphatic rings. The van der Waals surface area contributed by atoms with Gasteiger partial charge in [0.15, 0.2) is 0 Å². The van der Waals surface area contributed by atoms with E-state index in [9.17, 15) is 4.79 Å². The van der Waals surface area contributed by atoms with Gasteiger partial charge in [0.25, 0.3) is 5.91 Å². The Morgan fingerprint density at radius 1 is 1.53 bits per heavy atom. The average molecular weight is 256 g/mol. The van der Waals surface area contributed by atoms with E-state index >= 15 is 0 Å². The zero-order valence-electron chi connectivity index (χ0n) is 10.3. The maximum Gasteiger partial charge on any atom is 0.251 e. The first-order valence-corrected chi connectivity index (χ1v) is 7.00. The molecule has 1 rings (SSSR count). The topological polar surface area (TPSA) is 41.6 Å². The van der Waals surface area contributed by atoms with Gasteiger partial charge in [-0.2, -0.15) is 0 Å². The summed E-state index contributed by atoms with van der Waals surface area (Å²) >= 11 is 1.50. The fourth-order valence-electron chi connectivity index (χ4n) is 1.58. The molecule has 1 fully saturated rings. The van der Waals surface area contributed by atoms with Crippen LogP contribution in [0.5, 0.6) is 0 Å². The van der Waals surface area contributed by atoms with Crippen molar-refractivity contribution in [1.29, 1.82) is 0 Å². The number of carbonyl (C=O) groups excluding carboxylic acids is 1. The van der Waals surface area contributed by atoms with Gasteiger partial charge in [0.05, 0.1) is 13.2 Å². The lowest BCUT2D eigenvalue weighted by Crippen LogP contribution is -2.41. The highest BCUT2D eigenvalue weighted by atomic mass is 32.2. The quantitative estimate of drug-likeness (QED) is 0.565. The molecule has 5 heteroatoms. The minimum Gasteiger partial charge on any atom is -0.379 e. The minimum absolute atomic E-state index is 0.0531. The summed E-state index contributed by atoms with van der Waals surface area (Å²) in [6.07, 6.45) is 3.51. The van der Waals surface area contributed by atoms with Crippen LogP contribution in [-0.4, -0.2) is 56.5 Å². The van der Waals surface area contributed by atoms with E-state index in [2.05, 4.69) is 16.8 Å². The van der Waals surface area contributed by atoms with Gasteiger partial charge in [-0.25, -0.2) is 0 Å². The van der Waals surface area contributed by atoms with Crippen LogP contribution in [0.2, 0.25) is 0 Å². The highest BCUT2D eigenvalue weighted by Gasteiger charge is 2.10. The maximum absolute atomic E-state index is 11.7. The molecule has 96 valence electrons. The molecule has 1 heterocycles. The summed E-state index contributed by atoms with van der Waals surface area (Å²) < 4.78 is 5.26. The number of hydrogen-bond acceptors (Lipinski definition) is 4. The Labute approximate surface area is 107 Å². The normalized spacial score (nSPS) is 17.8. The van der Waals surface area contributed by atoms with Crippen molar-refractivity contribution >= 4 is 17.7 Å². The van der Waals surface area contributed by atoms with E-state index in [1.165, 1.54) is 11.8 Å². The maximum atomic E-state index is 11.7. The monoisotopic (exact) mass is 256 g/mol. The zero-order chi connectivity index (χ0) is 12.5. The smallest absolute Gasteiger partial charge is 0.251 e. The van der Waals surface area contributed by atoms with Crippen LogP contribution in [0.15, 0.2) is 23.6 Å². The summed E-state index contributed by atoms with van der Waals surface area (Å²) in [5, 5.41) is 4.69. The number of thioether (sulfide) groups is 1. The number of rotatable bonds is 6. The first-order chi connectivity index (χ1) is 8.27. The number of carbonyl (C=O) groups is 1. The molecule has 4 nitrogen and oxygen atoms in total. The average Bonchev–Trinajstić information content (AvgIpc) is 2.37. The van der Waals surface area contributed by atoms with Gasteiger partial charge in [0.1, 0.15) is 0 Å². The molecule has 0 aromatic rings. The fraction of sp³-hybridized carbons (Fsp3) is 0.583. The van der Waals surface area contributed by atoms with Crippen LogP contribution in [-0.2, 0) is 9.53 Å². The number of hydrogen-bond donors (Lipinski definition) is 1. The molecule has 0 aliphatic carbocycles. The molecule has 0 spiro atoms. The van der Waals surface area contributed by atoms with Crippen molar-refractivity contribution in [3.05, 3.63) is 23.6 Å². The Morgan fingerprint density at radius 2 is 2.24 bits per heavy atom. The highest BCUT2D eigenvalue weighted by Crippen LogP contribution is 2.04. The Bertz CT molecular complexity index is 286. The van der Waals surface area contributed by atoms with Crippen LogP contribution in [0.4, 0.5) is 0 Å². The SMILES string of the molecule is C=C/C(=C\SC)C(=O)NCCN1CCOCC1. The number of ether oxygens (including phenoxy) is 1. The van der Waals surface area contributed by atoms with Crippen molar-refractivity contribution in [2.75, 3.05) is 45.6 Å². The van der Waals surface area contributed by atoms with Crippen molar-refractivity contribution in [3.8, 4) is 0 Å². The van der Waals surface area contributed by atoms with Crippen molar-refractivity contribution in [2.24, 2.45) is 0 Å². The second-order valence-corrected chi connectivity index (χ2v) is 4.43. The molecule has 1 aliphatic heterocycles. The Kier molecular flexibility index (Phi) is 7.00. The largest absolute Gasteiger partial charge is 0.379 e. The Morgan fingerprint density at radius 3 is 2.82 bits per heavy atom. The van der Waals surface area contributed by atoms with Crippen LogP contribution >= 0.6 is 11.8 Å². The molecule has 0 aromatic carbocycles. The van der Waals surface area contributed by atoms with Gasteiger partial charge >= 0.3 is 0 Å². The third-order valence-electron chi connectivity index (χ3n) is 2.54. The van der Waals surface area contributed by atoms with E-state index in [1.54, 1.807) is 11.5 Å². The molecule has 17 heavy (non-hydrogen) atoms. The van der Waals surface area contributed by atoms with Gasteiger partial charge in [-0.05, 0) is 11.7 Å². The van der Waals surface area contributed by atoms with Crippen LogP contribution in [0, 0.1) is 0 Å². The number of amides is 1. The van der Waals surface area contributed by atoms with E-state index in [0.717, 1.165) is 32.8 Å². The second-order valence-electron chi connectivity index (χ2n) is 3.72. The predicted octanol–water partition coefficient (Wildman–Crippen LogP) is 0.868. The minimum atomic E-state index is -0.0531. The molecule has 1 N–H and O–H groups in total. The summed E-state index contributed by atoms with van der Waals surface area (Å²) in [5.74, 6) is -0.0531. The molecule has 0 bridgehead atoms. The van der Waals surface area contributed by atoms with E-state index in [0.29, 0.717) is 12.1 Å². The van der Waals surface area contributed by atoms with Crippen LogP contribution in [0.3, 0.4) is 0 Å². The first-order valence-electron chi connectivity index (χ1n) is 5.71. The standard InChI is InChI=1S/C12H20N2O2S/c1-3-11(10-17-2)12(15)13-4-5-14-6-8-16-9-7-14/h3,10H,1,4-9H2,2H3,(H,13,15)/b11-10+. The molecule has 1 saturated heterocycles. The Hall–Kier alpha value is -0.780. The first kappa shape index (κ1) is 14.3. The summed E-state index contributed by atoms with van der Waals surface area (Å²) in [5.41, 5.74) is 0.625.